The maximum atomic E-state index is 13.0. The van der Waals surface area contributed by atoms with Gasteiger partial charge in [0.05, 0.1) is 12.2 Å². The fourth-order valence-electron chi connectivity index (χ4n) is 2.49. The molecule has 0 spiro atoms. The van der Waals surface area contributed by atoms with Crippen LogP contribution in [0, 0.1) is 0 Å². The van der Waals surface area contributed by atoms with Crippen LogP contribution in [-0.2, 0) is 12.7 Å². The molecule has 0 amide bonds. The van der Waals surface area contributed by atoms with Gasteiger partial charge in [0.2, 0.25) is 0 Å². The molecule has 6 heteroatoms. The number of aliphatic hydroxyl groups is 1. The zero-order valence-corrected chi connectivity index (χ0v) is 11.2. The first kappa shape index (κ1) is 15.1. The summed E-state index contributed by atoms with van der Waals surface area (Å²) in [5, 5.41) is 9.07. The number of aliphatic hydroxyl groups excluding tert-OH is 1. The molecule has 0 saturated heterocycles. The Morgan fingerprint density at radius 3 is 2.50 bits per heavy atom. The molecular weight excluding hydrogens is 269 g/mol. The van der Waals surface area contributed by atoms with Gasteiger partial charge in [-0.1, -0.05) is 12.5 Å². The maximum Gasteiger partial charge on any atom is 0.416 e. The molecule has 1 saturated carbocycles. The van der Waals surface area contributed by atoms with Gasteiger partial charge in [-0.15, -0.1) is 0 Å². The minimum absolute atomic E-state index is 0.0488. The molecule has 2 rings (SSSR count). The fraction of sp³-hybridized carbons (Fsp3) is 0.571. The number of alkyl halides is 3. The van der Waals surface area contributed by atoms with E-state index in [0.29, 0.717) is 6.54 Å². The van der Waals surface area contributed by atoms with Crippen molar-refractivity contribution >= 4 is 5.69 Å². The number of nitrogens with two attached hydrogens (primary N) is 1. The number of rotatable bonds is 5. The molecule has 1 aliphatic carbocycles. The van der Waals surface area contributed by atoms with Crippen molar-refractivity contribution in [3.8, 4) is 0 Å². The van der Waals surface area contributed by atoms with E-state index < -0.39 is 11.7 Å². The highest BCUT2D eigenvalue weighted by Crippen LogP contribution is 2.35. The molecule has 3 nitrogen and oxygen atoms in total. The third-order valence-electron chi connectivity index (χ3n) is 3.79. The van der Waals surface area contributed by atoms with E-state index in [1.807, 2.05) is 4.90 Å². The van der Waals surface area contributed by atoms with Crippen LogP contribution in [0.25, 0.3) is 0 Å². The Morgan fingerprint density at radius 1 is 1.30 bits per heavy atom. The number of anilines is 1. The Balaban J connectivity index is 2.22. The summed E-state index contributed by atoms with van der Waals surface area (Å²) in [5.74, 6) is 0. The minimum Gasteiger partial charge on any atom is -0.399 e. The van der Waals surface area contributed by atoms with Crippen LogP contribution < -0.4 is 5.73 Å². The summed E-state index contributed by atoms with van der Waals surface area (Å²) in [5.41, 5.74) is 5.10. The molecule has 0 heterocycles. The van der Waals surface area contributed by atoms with Crippen LogP contribution in [0.15, 0.2) is 18.2 Å². The third-order valence-corrected chi connectivity index (χ3v) is 3.79. The van der Waals surface area contributed by atoms with E-state index in [1.54, 1.807) is 0 Å². The Kier molecular flexibility index (Phi) is 4.55. The lowest BCUT2D eigenvalue weighted by Crippen LogP contribution is -2.41. The summed E-state index contributed by atoms with van der Waals surface area (Å²) >= 11 is 0. The van der Waals surface area contributed by atoms with Crippen molar-refractivity contribution < 1.29 is 18.3 Å². The first-order chi connectivity index (χ1) is 9.41. The van der Waals surface area contributed by atoms with E-state index >= 15 is 0 Å². The molecule has 3 N–H and O–H groups in total. The summed E-state index contributed by atoms with van der Waals surface area (Å²) in [6.07, 6.45) is -1.34. The summed E-state index contributed by atoms with van der Waals surface area (Å²) < 4.78 is 39.1. The highest BCUT2D eigenvalue weighted by Gasteiger charge is 2.34. The first-order valence-corrected chi connectivity index (χ1v) is 6.72. The van der Waals surface area contributed by atoms with Crippen molar-refractivity contribution in [3.63, 3.8) is 0 Å². The molecule has 1 aromatic carbocycles. The lowest BCUT2D eigenvalue weighted by atomic mass is 9.90. The second kappa shape index (κ2) is 6.01. The van der Waals surface area contributed by atoms with Gasteiger partial charge in [-0.25, -0.2) is 0 Å². The fourth-order valence-corrected chi connectivity index (χ4v) is 2.49. The topological polar surface area (TPSA) is 49.5 Å². The number of hydrogen-bond donors (Lipinski definition) is 2. The molecule has 112 valence electrons. The zero-order chi connectivity index (χ0) is 14.8. The lowest BCUT2D eigenvalue weighted by molar-refractivity contribution is -0.138. The largest absolute Gasteiger partial charge is 0.416 e. The quantitative estimate of drug-likeness (QED) is 0.819. The van der Waals surface area contributed by atoms with Crippen LogP contribution in [0.3, 0.4) is 0 Å². The van der Waals surface area contributed by atoms with E-state index in [9.17, 15) is 13.2 Å². The van der Waals surface area contributed by atoms with E-state index in [1.165, 1.54) is 12.1 Å². The van der Waals surface area contributed by atoms with Crippen LogP contribution in [0.5, 0.6) is 0 Å². The molecular formula is C14H19F3N2O. The van der Waals surface area contributed by atoms with Gasteiger partial charge < -0.3 is 10.8 Å². The number of benzene rings is 1. The first-order valence-electron chi connectivity index (χ1n) is 6.72. The summed E-state index contributed by atoms with van der Waals surface area (Å²) in [7, 11) is 0. The summed E-state index contributed by atoms with van der Waals surface area (Å²) in [4.78, 5) is 1.92. The van der Waals surface area contributed by atoms with Gasteiger partial charge in [0.25, 0.3) is 0 Å². The van der Waals surface area contributed by atoms with Crippen molar-refractivity contribution in [1.82, 2.24) is 4.90 Å². The van der Waals surface area contributed by atoms with Crippen LogP contribution >= 0.6 is 0 Å². The molecule has 1 aliphatic rings. The van der Waals surface area contributed by atoms with Crippen molar-refractivity contribution in [1.29, 1.82) is 0 Å². The van der Waals surface area contributed by atoms with Crippen LogP contribution in [0.4, 0.5) is 18.9 Å². The Morgan fingerprint density at radius 2 is 2.00 bits per heavy atom. The van der Waals surface area contributed by atoms with Crippen LogP contribution in [0.1, 0.15) is 30.4 Å². The minimum atomic E-state index is -4.41. The van der Waals surface area contributed by atoms with E-state index in [4.69, 9.17) is 10.8 Å². The average molecular weight is 288 g/mol. The van der Waals surface area contributed by atoms with E-state index in [-0.39, 0.29) is 30.4 Å². The van der Waals surface area contributed by atoms with Gasteiger partial charge in [-0.3, -0.25) is 4.90 Å². The maximum absolute atomic E-state index is 13.0. The predicted octanol–water partition coefficient (Wildman–Crippen LogP) is 2.63. The number of halogens is 3. The summed E-state index contributed by atoms with van der Waals surface area (Å²) in [6.45, 7) is 0.541. The van der Waals surface area contributed by atoms with Crippen LogP contribution in [-0.4, -0.2) is 29.2 Å². The van der Waals surface area contributed by atoms with Gasteiger partial charge in [-0.05, 0) is 30.5 Å². The lowest BCUT2D eigenvalue weighted by Gasteiger charge is -2.37. The number of nitrogen functional groups attached to an aromatic ring is 1. The Hall–Kier alpha value is -1.27. The molecule has 0 aromatic heterocycles. The summed E-state index contributed by atoms with van der Waals surface area (Å²) in [6, 6.07) is 4.18. The number of hydrogen-bond acceptors (Lipinski definition) is 3. The predicted molar refractivity (Wildman–Crippen MR) is 71.0 cm³/mol. The van der Waals surface area contributed by atoms with Gasteiger partial charge in [0, 0.05) is 24.8 Å². The molecule has 20 heavy (non-hydrogen) atoms. The molecule has 0 atom stereocenters. The molecule has 0 aliphatic heterocycles. The molecule has 0 unspecified atom stereocenters. The van der Waals surface area contributed by atoms with Crippen molar-refractivity contribution in [2.45, 2.75) is 38.0 Å². The smallest absolute Gasteiger partial charge is 0.399 e. The number of nitrogens with zero attached hydrogens (tertiary/aromatic N) is 1. The monoisotopic (exact) mass is 288 g/mol. The van der Waals surface area contributed by atoms with Gasteiger partial charge >= 0.3 is 6.18 Å². The van der Waals surface area contributed by atoms with Gasteiger partial charge in [0.1, 0.15) is 0 Å². The van der Waals surface area contributed by atoms with Gasteiger partial charge in [0.15, 0.2) is 0 Å². The second-order valence-electron chi connectivity index (χ2n) is 5.19. The molecule has 1 aromatic rings. The van der Waals surface area contributed by atoms with Crippen molar-refractivity contribution in [2.24, 2.45) is 0 Å². The average Bonchev–Trinajstić information content (AvgIpc) is 2.28. The normalized spacial score (nSPS) is 16.4. The highest BCUT2D eigenvalue weighted by molar-refractivity contribution is 5.46. The van der Waals surface area contributed by atoms with Crippen LogP contribution in [0.2, 0.25) is 0 Å². The second-order valence-corrected chi connectivity index (χ2v) is 5.19. The van der Waals surface area contributed by atoms with Crippen molar-refractivity contribution in [2.75, 3.05) is 18.9 Å². The third kappa shape index (κ3) is 3.43. The van der Waals surface area contributed by atoms with Crippen molar-refractivity contribution in [3.05, 3.63) is 29.3 Å². The van der Waals surface area contributed by atoms with Gasteiger partial charge in [-0.2, -0.15) is 13.2 Å². The Labute approximate surface area is 116 Å². The standard InChI is InChI=1S/C14H19F3N2O/c15-14(16,17)13-8-11(18)5-4-10(13)9-19(6-7-20)12-2-1-3-12/h4-5,8,12,20H,1-3,6-7,9,18H2. The molecule has 0 bridgehead atoms. The zero-order valence-electron chi connectivity index (χ0n) is 11.2. The molecule has 1 fully saturated rings. The molecule has 0 radical (unpaired) electrons. The Bertz CT molecular complexity index is 458. The van der Waals surface area contributed by atoms with E-state index in [2.05, 4.69) is 0 Å². The highest BCUT2D eigenvalue weighted by atomic mass is 19.4. The SMILES string of the molecule is Nc1ccc(CN(CCO)C2CCC2)c(C(F)(F)F)c1. The van der Waals surface area contributed by atoms with E-state index in [0.717, 1.165) is 25.3 Å².